The normalized spacial score (nSPS) is 13.5. The predicted molar refractivity (Wildman–Crippen MR) is 68.0 cm³/mol. The Morgan fingerprint density at radius 2 is 2.11 bits per heavy atom. The average molecular weight is 310 g/mol. The second-order valence-corrected chi connectivity index (χ2v) is 6.52. The van der Waals surface area contributed by atoms with Gasteiger partial charge < -0.3 is 5.11 Å². The molecule has 1 atom stereocenters. The highest BCUT2D eigenvalue weighted by Gasteiger charge is 2.27. The van der Waals surface area contributed by atoms with Crippen molar-refractivity contribution in [2.45, 2.75) is 11.8 Å². The van der Waals surface area contributed by atoms with Gasteiger partial charge in [0, 0.05) is 13.6 Å². The summed E-state index contributed by atoms with van der Waals surface area (Å²) >= 11 is 5.74. The number of nitrogens with zero attached hydrogens (tertiary/aromatic N) is 1. The van der Waals surface area contributed by atoms with Crippen molar-refractivity contribution in [3.8, 4) is 0 Å². The van der Waals surface area contributed by atoms with Crippen LogP contribution in [0.2, 0.25) is 5.02 Å². The maximum absolute atomic E-state index is 13.1. The highest BCUT2D eigenvalue weighted by Crippen LogP contribution is 2.25. The first-order valence-corrected chi connectivity index (χ1v) is 7.12. The molecule has 1 aromatic carbocycles. The number of halogens is 2. The van der Waals surface area contributed by atoms with Gasteiger partial charge in [0.2, 0.25) is 10.0 Å². The van der Waals surface area contributed by atoms with Crippen LogP contribution in [0.3, 0.4) is 0 Å². The van der Waals surface area contributed by atoms with Crippen LogP contribution in [-0.4, -0.2) is 37.4 Å². The van der Waals surface area contributed by atoms with Crippen molar-refractivity contribution in [3.05, 3.63) is 29.0 Å². The smallest absolute Gasteiger partial charge is 0.307 e. The molecular formula is C11H13ClFNO4S. The van der Waals surface area contributed by atoms with Crippen LogP contribution in [0.15, 0.2) is 23.1 Å². The van der Waals surface area contributed by atoms with Gasteiger partial charge in [-0.25, -0.2) is 17.1 Å². The fourth-order valence-corrected chi connectivity index (χ4v) is 3.15. The lowest BCUT2D eigenvalue weighted by Gasteiger charge is -2.19. The van der Waals surface area contributed by atoms with Crippen LogP contribution in [0.25, 0.3) is 0 Å². The molecule has 0 bridgehead atoms. The van der Waals surface area contributed by atoms with Gasteiger partial charge in [-0.2, -0.15) is 0 Å². The third kappa shape index (κ3) is 3.65. The van der Waals surface area contributed by atoms with Gasteiger partial charge in [0.1, 0.15) is 10.7 Å². The number of hydrogen-bond donors (Lipinski definition) is 1. The van der Waals surface area contributed by atoms with Crippen LogP contribution in [0.4, 0.5) is 4.39 Å². The zero-order chi connectivity index (χ0) is 14.8. The van der Waals surface area contributed by atoms with E-state index in [-0.39, 0.29) is 16.5 Å². The largest absolute Gasteiger partial charge is 0.481 e. The minimum Gasteiger partial charge on any atom is -0.481 e. The molecule has 0 aliphatic heterocycles. The Bertz CT molecular complexity index is 590. The molecule has 1 aromatic rings. The van der Waals surface area contributed by atoms with E-state index in [1.807, 2.05) is 0 Å². The summed E-state index contributed by atoms with van der Waals surface area (Å²) in [6, 6.07) is 2.99. The van der Waals surface area contributed by atoms with Crippen LogP contribution >= 0.6 is 11.6 Å². The molecule has 0 saturated heterocycles. The van der Waals surface area contributed by atoms with Crippen molar-refractivity contribution in [1.29, 1.82) is 0 Å². The van der Waals surface area contributed by atoms with Gasteiger partial charge in [0.25, 0.3) is 0 Å². The summed E-state index contributed by atoms with van der Waals surface area (Å²) in [5, 5.41) is 8.64. The summed E-state index contributed by atoms with van der Waals surface area (Å²) in [6.45, 7) is 1.14. The zero-order valence-electron chi connectivity index (χ0n) is 10.3. The van der Waals surface area contributed by atoms with E-state index in [0.717, 1.165) is 22.5 Å². The first-order chi connectivity index (χ1) is 8.66. The molecular weight excluding hydrogens is 297 g/mol. The number of rotatable bonds is 5. The number of carboxylic acid groups (broad SMARTS) is 1. The van der Waals surface area contributed by atoms with E-state index in [1.165, 1.54) is 14.0 Å². The number of carbonyl (C=O) groups is 1. The molecule has 0 saturated carbocycles. The monoisotopic (exact) mass is 309 g/mol. The maximum Gasteiger partial charge on any atom is 0.307 e. The van der Waals surface area contributed by atoms with Crippen molar-refractivity contribution in [2.24, 2.45) is 5.92 Å². The Kier molecular flexibility index (Phi) is 4.89. The fraction of sp³-hybridized carbons (Fsp3) is 0.364. The van der Waals surface area contributed by atoms with E-state index in [1.54, 1.807) is 0 Å². The van der Waals surface area contributed by atoms with E-state index >= 15 is 0 Å². The van der Waals surface area contributed by atoms with Crippen molar-refractivity contribution in [3.63, 3.8) is 0 Å². The summed E-state index contributed by atoms with van der Waals surface area (Å²) in [5.41, 5.74) is 0. The molecule has 5 nitrogen and oxygen atoms in total. The SMILES string of the molecule is CC(CN(C)S(=O)(=O)c1cc(F)ccc1Cl)C(=O)O. The van der Waals surface area contributed by atoms with Crippen molar-refractivity contribution in [1.82, 2.24) is 4.31 Å². The lowest BCUT2D eigenvalue weighted by atomic mass is 10.2. The van der Waals surface area contributed by atoms with Crippen LogP contribution in [-0.2, 0) is 14.8 Å². The summed E-state index contributed by atoms with van der Waals surface area (Å²) in [7, 11) is -2.80. The molecule has 0 aliphatic carbocycles. The second-order valence-electron chi connectivity index (χ2n) is 4.10. The lowest BCUT2D eigenvalue weighted by Crippen LogP contribution is -2.33. The molecule has 1 unspecified atom stereocenters. The highest BCUT2D eigenvalue weighted by molar-refractivity contribution is 7.89. The fourth-order valence-electron chi connectivity index (χ4n) is 1.40. The van der Waals surface area contributed by atoms with Crippen LogP contribution in [0.1, 0.15) is 6.92 Å². The Morgan fingerprint density at radius 3 is 2.63 bits per heavy atom. The van der Waals surface area contributed by atoms with Crippen molar-refractivity contribution in [2.75, 3.05) is 13.6 Å². The first kappa shape index (κ1) is 15.9. The summed E-state index contributed by atoms with van der Waals surface area (Å²) in [6.07, 6.45) is 0. The van der Waals surface area contributed by atoms with Crippen LogP contribution < -0.4 is 0 Å². The van der Waals surface area contributed by atoms with Gasteiger partial charge in [-0.1, -0.05) is 18.5 Å². The summed E-state index contributed by atoms with van der Waals surface area (Å²) < 4.78 is 38.2. The number of aliphatic carboxylic acids is 1. The molecule has 0 amide bonds. The van der Waals surface area contributed by atoms with Crippen molar-refractivity contribution < 1.29 is 22.7 Å². The minimum absolute atomic E-state index is 0.115. The first-order valence-electron chi connectivity index (χ1n) is 5.30. The molecule has 8 heteroatoms. The Hall–Kier alpha value is -1.18. The average Bonchev–Trinajstić information content (AvgIpc) is 2.31. The van der Waals surface area contributed by atoms with Crippen molar-refractivity contribution >= 4 is 27.6 Å². The van der Waals surface area contributed by atoms with Crippen LogP contribution in [0, 0.1) is 11.7 Å². The third-order valence-electron chi connectivity index (χ3n) is 2.53. The van der Waals surface area contributed by atoms with Gasteiger partial charge in [-0.15, -0.1) is 0 Å². The maximum atomic E-state index is 13.1. The summed E-state index contributed by atoms with van der Waals surface area (Å²) in [5.74, 6) is -2.73. The molecule has 1 rings (SSSR count). The number of sulfonamides is 1. The molecule has 0 fully saturated rings. The molecule has 0 aliphatic rings. The quantitative estimate of drug-likeness (QED) is 0.900. The molecule has 19 heavy (non-hydrogen) atoms. The Morgan fingerprint density at radius 1 is 1.53 bits per heavy atom. The Labute approximate surface area is 115 Å². The molecule has 0 spiro atoms. The topological polar surface area (TPSA) is 74.7 Å². The van der Waals surface area contributed by atoms with E-state index in [2.05, 4.69) is 0 Å². The molecule has 0 aromatic heterocycles. The molecule has 106 valence electrons. The van der Waals surface area contributed by atoms with E-state index < -0.39 is 27.7 Å². The van der Waals surface area contributed by atoms with Gasteiger partial charge in [-0.05, 0) is 18.2 Å². The Balaban J connectivity index is 3.10. The minimum atomic E-state index is -4.02. The number of hydrogen-bond acceptors (Lipinski definition) is 3. The highest BCUT2D eigenvalue weighted by atomic mass is 35.5. The molecule has 0 heterocycles. The number of benzene rings is 1. The van der Waals surface area contributed by atoms with Gasteiger partial charge >= 0.3 is 5.97 Å². The molecule has 0 radical (unpaired) electrons. The van der Waals surface area contributed by atoms with E-state index in [9.17, 15) is 17.6 Å². The lowest BCUT2D eigenvalue weighted by molar-refractivity contribution is -0.141. The third-order valence-corrected chi connectivity index (χ3v) is 4.84. The molecule has 1 N–H and O–H groups in total. The van der Waals surface area contributed by atoms with E-state index in [0.29, 0.717) is 0 Å². The summed E-state index contributed by atoms with van der Waals surface area (Å²) in [4.78, 5) is 10.3. The van der Waals surface area contributed by atoms with Crippen LogP contribution in [0.5, 0.6) is 0 Å². The zero-order valence-corrected chi connectivity index (χ0v) is 11.9. The van der Waals surface area contributed by atoms with Gasteiger partial charge in [-0.3, -0.25) is 4.79 Å². The standard InChI is InChI=1S/C11H13ClFNO4S/c1-7(11(15)16)6-14(2)19(17,18)10-5-8(13)3-4-9(10)12/h3-5,7H,6H2,1-2H3,(H,15,16). The predicted octanol–water partition coefficient (Wildman–Crippen LogP) is 1.82. The van der Waals surface area contributed by atoms with E-state index in [4.69, 9.17) is 16.7 Å². The second kappa shape index (κ2) is 5.85. The van der Waals surface area contributed by atoms with Gasteiger partial charge in [0.05, 0.1) is 10.9 Å². The van der Waals surface area contributed by atoms with Gasteiger partial charge in [0.15, 0.2) is 0 Å². The number of carboxylic acids is 1.